The number of thiol groups is 1. The van der Waals surface area contributed by atoms with Gasteiger partial charge in [0.05, 0.1) is 10.2 Å². The molecule has 0 N–H and O–H groups in total. The minimum atomic E-state index is 0.575. The molecule has 4 heteroatoms. The van der Waals surface area contributed by atoms with Crippen LogP contribution in [0.5, 0.6) is 0 Å². The number of fused-ring (bicyclic) bond motifs is 1. The van der Waals surface area contributed by atoms with Crippen LogP contribution in [0.25, 0.3) is 10.2 Å². The lowest BCUT2D eigenvalue weighted by atomic mass is 10.2. The molecule has 0 aliphatic rings. The molecule has 0 aliphatic carbocycles. The minimum Gasteiger partial charge on any atom is -0.224 e. The second-order valence-corrected chi connectivity index (χ2v) is 4.60. The van der Waals surface area contributed by atoms with Gasteiger partial charge in [-0.05, 0) is 18.6 Å². The summed E-state index contributed by atoms with van der Waals surface area (Å²) in [6, 6.07) is 4.05. The Morgan fingerprint density at radius 2 is 2.25 bits per heavy atom. The number of rotatable bonds is 0. The van der Waals surface area contributed by atoms with Crippen LogP contribution in [0, 0.1) is 6.92 Å². The topological polar surface area (TPSA) is 12.9 Å². The molecule has 0 bridgehead atoms. The van der Waals surface area contributed by atoms with Crippen LogP contribution in [0.4, 0.5) is 0 Å². The summed E-state index contributed by atoms with van der Waals surface area (Å²) in [6.07, 6.45) is 0. The SMILES string of the molecule is Cc1ccc2sc(Cl)nc2c1S. The minimum absolute atomic E-state index is 0.575. The van der Waals surface area contributed by atoms with Crippen molar-refractivity contribution in [2.45, 2.75) is 11.8 Å². The summed E-state index contributed by atoms with van der Waals surface area (Å²) in [7, 11) is 0. The standard InChI is InChI=1S/C8H6ClNS2/c1-4-2-3-5-6(7(4)11)10-8(9)12-5/h2-3,11H,1H3. The predicted octanol–water partition coefficient (Wildman–Crippen LogP) is 3.55. The van der Waals surface area contributed by atoms with E-state index in [0.717, 1.165) is 20.7 Å². The first kappa shape index (κ1) is 8.35. The van der Waals surface area contributed by atoms with Crippen LogP contribution in [0.15, 0.2) is 17.0 Å². The molecule has 0 aliphatic heterocycles. The molecule has 0 saturated heterocycles. The molecule has 62 valence electrons. The fourth-order valence-corrected chi connectivity index (χ4v) is 2.41. The lowest BCUT2D eigenvalue weighted by Crippen LogP contribution is -1.77. The van der Waals surface area contributed by atoms with Crippen molar-refractivity contribution in [3.8, 4) is 0 Å². The summed E-state index contributed by atoms with van der Waals surface area (Å²) < 4.78 is 1.67. The maximum atomic E-state index is 5.78. The lowest BCUT2D eigenvalue weighted by molar-refractivity contribution is 1.32. The summed E-state index contributed by atoms with van der Waals surface area (Å²) >= 11 is 11.6. The van der Waals surface area contributed by atoms with Crippen LogP contribution >= 0.6 is 35.6 Å². The highest BCUT2D eigenvalue weighted by atomic mass is 35.5. The number of nitrogens with zero attached hydrogens (tertiary/aromatic N) is 1. The average molecular weight is 216 g/mol. The third kappa shape index (κ3) is 1.22. The summed E-state index contributed by atoms with van der Waals surface area (Å²) in [4.78, 5) is 5.11. The zero-order valence-electron chi connectivity index (χ0n) is 6.34. The van der Waals surface area contributed by atoms with E-state index in [1.54, 1.807) is 0 Å². The van der Waals surface area contributed by atoms with Gasteiger partial charge in [0.15, 0.2) is 4.47 Å². The van der Waals surface area contributed by atoms with Crippen LogP contribution in [-0.2, 0) is 0 Å². The van der Waals surface area contributed by atoms with E-state index in [0.29, 0.717) is 4.47 Å². The van der Waals surface area contributed by atoms with Crippen molar-refractivity contribution in [2.75, 3.05) is 0 Å². The molecule has 0 spiro atoms. The van der Waals surface area contributed by atoms with Gasteiger partial charge < -0.3 is 0 Å². The number of halogens is 1. The molecule has 2 rings (SSSR count). The molecule has 0 radical (unpaired) electrons. The van der Waals surface area contributed by atoms with E-state index in [1.807, 2.05) is 19.1 Å². The maximum Gasteiger partial charge on any atom is 0.184 e. The molecule has 2 aromatic rings. The van der Waals surface area contributed by atoms with Gasteiger partial charge in [0, 0.05) is 4.90 Å². The van der Waals surface area contributed by atoms with Crippen molar-refractivity contribution in [1.29, 1.82) is 0 Å². The molecule has 1 aromatic heterocycles. The highest BCUT2D eigenvalue weighted by Crippen LogP contribution is 2.31. The third-order valence-corrected chi connectivity index (χ3v) is 3.40. The van der Waals surface area contributed by atoms with Gasteiger partial charge in [0.25, 0.3) is 0 Å². The highest BCUT2D eigenvalue weighted by Gasteiger charge is 2.05. The van der Waals surface area contributed by atoms with Gasteiger partial charge in [0.2, 0.25) is 0 Å². The smallest absolute Gasteiger partial charge is 0.184 e. The number of thiazole rings is 1. The molecular weight excluding hydrogens is 210 g/mol. The van der Waals surface area contributed by atoms with Crippen molar-refractivity contribution in [1.82, 2.24) is 4.98 Å². The Morgan fingerprint density at radius 1 is 1.50 bits per heavy atom. The Labute approximate surface area is 84.8 Å². The predicted molar refractivity (Wildman–Crippen MR) is 56.6 cm³/mol. The number of hydrogen-bond donors (Lipinski definition) is 1. The van der Waals surface area contributed by atoms with Gasteiger partial charge in [-0.25, -0.2) is 4.98 Å². The first-order valence-electron chi connectivity index (χ1n) is 3.43. The van der Waals surface area contributed by atoms with E-state index in [-0.39, 0.29) is 0 Å². The van der Waals surface area contributed by atoms with Crippen LogP contribution in [0.2, 0.25) is 4.47 Å². The molecule has 0 unspecified atom stereocenters. The first-order valence-corrected chi connectivity index (χ1v) is 5.07. The van der Waals surface area contributed by atoms with Crippen LogP contribution in [0.1, 0.15) is 5.56 Å². The van der Waals surface area contributed by atoms with Crippen molar-refractivity contribution in [3.63, 3.8) is 0 Å². The number of aromatic nitrogens is 1. The van der Waals surface area contributed by atoms with Gasteiger partial charge in [-0.15, -0.1) is 24.0 Å². The van der Waals surface area contributed by atoms with Gasteiger partial charge in [-0.2, -0.15) is 0 Å². The maximum absolute atomic E-state index is 5.78. The Bertz CT molecular complexity index is 436. The van der Waals surface area contributed by atoms with E-state index in [2.05, 4.69) is 17.6 Å². The molecule has 0 atom stereocenters. The Kier molecular flexibility index (Phi) is 2.02. The molecular formula is C8H6ClNS2. The summed E-state index contributed by atoms with van der Waals surface area (Å²) in [5, 5.41) is 0. The van der Waals surface area contributed by atoms with E-state index >= 15 is 0 Å². The summed E-state index contributed by atoms with van der Waals surface area (Å²) in [5.74, 6) is 0. The molecule has 0 fully saturated rings. The molecule has 1 aromatic carbocycles. The van der Waals surface area contributed by atoms with Crippen molar-refractivity contribution >= 4 is 45.8 Å². The third-order valence-electron chi connectivity index (χ3n) is 1.71. The van der Waals surface area contributed by atoms with Crippen molar-refractivity contribution in [3.05, 3.63) is 22.2 Å². The van der Waals surface area contributed by atoms with Gasteiger partial charge in [-0.1, -0.05) is 17.7 Å². The lowest BCUT2D eigenvalue weighted by Gasteiger charge is -1.96. The summed E-state index contributed by atoms with van der Waals surface area (Å²) in [6.45, 7) is 2.01. The number of hydrogen-bond acceptors (Lipinski definition) is 3. The molecule has 0 amide bonds. The van der Waals surface area contributed by atoms with Crippen LogP contribution in [-0.4, -0.2) is 4.98 Å². The largest absolute Gasteiger partial charge is 0.224 e. The van der Waals surface area contributed by atoms with Gasteiger partial charge >= 0.3 is 0 Å². The Morgan fingerprint density at radius 3 is 3.00 bits per heavy atom. The normalized spacial score (nSPS) is 10.9. The summed E-state index contributed by atoms with van der Waals surface area (Å²) in [5.41, 5.74) is 2.04. The molecule has 0 saturated carbocycles. The van der Waals surface area contributed by atoms with Gasteiger partial charge in [0.1, 0.15) is 0 Å². The van der Waals surface area contributed by atoms with E-state index in [4.69, 9.17) is 11.6 Å². The number of aryl methyl sites for hydroxylation is 1. The Hall–Kier alpha value is -0.250. The van der Waals surface area contributed by atoms with E-state index in [9.17, 15) is 0 Å². The fourth-order valence-electron chi connectivity index (χ4n) is 1.05. The fraction of sp³-hybridized carbons (Fsp3) is 0.125. The van der Waals surface area contributed by atoms with Crippen LogP contribution in [0.3, 0.4) is 0 Å². The van der Waals surface area contributed by atoms with E-state index in [1.165, 1.54) is 11.3 Å². The highest BCUT2D eigenvalue weighted by molar-refractivity contribution is 7.80. The monoisotopic (exact) mass is 215 g/mol. The molecule has 1 nitrogen and oxygen atoms in total. The zero-order valence-corrected chi connectivity index (χ0v) is 8.80. The van der Waals surface area contributed by atoms with Crippen molar-refractivity contribution in [2.24, 2.45) is 0 Å². The molecule has 1 heterocycles. The molecule has 12 heavy (non-hydrogen) atoms. The second kappa shape index (κ2) is 2.91. The average Bonchev–Trinajstić information content (AvgIpc) is 2.39. The quantitative estimate of drug-likeness (QED) is 0.664. The first-order chi connectivity index (χ1) is 5.68. The number of benzene rings is 1. The second-order valence-electron chi connectivity index (χ2n) is 2.54. The van der Waals surface area contributed by atoms with Gasteiger partial charge in [-0.3, -0.25) is 0 Å². The zero-order chi connectivity index (χ0) is 8.72. The van der Waals surface area contributed by atoms with E-state index < -0.39 is 0 Å². The van der Waals surface area contributed by atoms with Crippen LogP contribution < -0.4 is 0 Å². The Balaban J connectivity index is 2.89. The van der Waals surface area contributed by atoms with Crippen molar-refractivity contribution < 1.29 is 0 Å².